The van der Waals surface area contributed by atoms with Gasteiger partial charge in [-0.2, -0.15) is 5.26 Å². The maximum Gasteiger partial charge on any atom is 0.321 e. The Morgan fingerprint density at radius 1 is 1.11 bits per heavy atom. The minimum absolute atomic E-state index is 0.237. The summed E-state index contributed by atoms with van der Waals surface area (Å²) >= 11 is 0. The summed E-state index contributed by atoms with van der Waals surface area (Å²) in [5, 5.41) is 10.2. The molecule has 1 fully saturated rings. The molecule has 2 unspecified atom stereocenters. The van der Waals surface area contributed by atoms with Gasteiger partial charge in [0.15, 0.2) is 0 Å². The van der Waals surface area contributed by atoms with Crippen molar-refractivity contribution in [3.63, 3.8) is 0 Å². The lowest BCUT2D eigenvalue weighted by molar-refractivity contribution is 0.362. The molecule has 0 saturated heterocycles. The van der Waals surface area contributed by atoms with Gasteiger partial charge in [-0.3, -0.25) is 4.72 Å². The topological polar surface area (TPSA) is 121 Å². The first-order valence-corrected chi connectivity index (χ1v) is 13.4. The lowest BCUT2D eigenvalue weighted by Crippen LogP contribution is -2.41. The number of aromatic nitrogens is 3. The van der Waals surface area contributed by atoms with Crippen molar-refractivity contribution < 1.29 is 13.2 Å². The standard InChI is InChI=1S/C26H28N6O3S/c1-26(2,3)36(33,34)31-23-11-8-17(16-30-23)24-21(15-27)20-10-9-19(35-25-28-12-5-13-29-25)14-22(20)32(24)18-6-4-7-18/h5,8-14,16,18,21,24H,4,6-7H2,1-3H3,(H,30,31). The third-order valence-corrected chi connectivity index (χ3v) is 8.85. The highest BCUT2D eigenvalue weighted by Crippen LogP contribution is 2.53. The SMILES string of the molecule is CC(C)(C)S(=O)(=O)Nc1ccc(C2C(C#N)c3ccc(Oc4ncccn4)cc3N2C2CCC2)cn1. The van der Waals surface area contributed by atoms with Crippen LogP contribution >= 0.6 is 0 Å². The van der Waals surface area contributed by atoms with Crippen LogP contribution in [0.25, 0.3) is 0 Å². The van der Waals surface area contributed by atoms with Crippen molar-refractivity contribution in [2.75, 3.05) is 9.62 Å². The van der Waals surface area contributed by atoms with E-state index in [2.05, 4.69) is 30.6 Å². The average Bonchev–Trinajstić information content (AvgIpc) is 3.11. The smallest absolute Gasteiger partial charge is 0.321 e. The van der Waals surface area contributed by atoms with E-state index in [0.717, 1.165) is 36.1 Å². The lowest BCUT2D eigenvalue weighted by Gasteiger charge is -2.41. The molecule has 1 N–H and O–H groups in total. The number of rotatable bonds is 6. The molecule has 10 heteroatoms. The Balaban J connectivity index is 1.48. The number of pyridine rings is 1. The molecule has 36 heavy (non-hydrogen) atoms. The summed E-state index contributed by atoms with van der Waals surface area (Å²) in [5.41, 5.74) is 2.76. The number of hydrogen-bond acceptors (Lipinski definition) is 8. The average molecular weight is 505 g/mol. The van der Waals surface area contributed by atoms with Crippen molar-refractivity contribution in [1.29, 1.82) is 5.26 Å². The second-order valence-electron chi connectivity index (χ2n) is 10.1. The molecule has 2 atom stereocenters. The number of anilines is 2. The third kappa shape index (κ3) is 4.35. The van der Waals surface area contributed by atoms with Crippen LogP contribution < -0.4 is 14.4 Å². The molecule has 1 saturated carbocycles. The summed E-state index contributed by atoms with van der Waals surface area (Å²) in [6, 6.07) is 13.8. The first-order valence-electron chi connectivity index (χ1n) is 11.9. The molecule has 0 amide bonds. The Hall–Kier alpha value is -3.71. The van der Waals surface area contributed by atoms with Crippen molar-refractivity contribution >= 4 is 21.5 Å². The molecule has 1 aromatic carbocycles. The van der Waals surface area contributed by atoms with Gasteiger partial charge in [-0.1, -0.05) is 12.1 Å². The van der Waals surface area contributed by atoms with Crippen molar-refractivity contribution in [3.8, 4) is 17.8 Å². The number of nitriles is 1. The van der Waals surface area contributed by atoms with Crippen LogP contribution in [0.5, 0.6) is 11.8 Å². The van der Waals surface area contributed by atoms with Crippen molar-refractivity contribution in [1.82, 2.24) is 15.0 Å². The molecule has 0 spiro atoms. The van der Waals surface area contributed by atoms with E-state index in [-0.39, 0.29) is 17.9 Å². The van der Waals surface area contributed by atoms with E-state index in [1.165, 1.54) is 0 Å². The molecule has 1 aliphatic heterocycles. The van der Waals surface area contributed by atoms with E-state index in [1.54, 1.807) is 51.5 Å². The van der Waals surface area contributed by atoms with Crippen LogP contribution in [-0.4, -0.2) is 34.2 Å². The molecular formula is C26H28N6O3S. The first-order chi connectivity index (χ1) is 17.2. The molecule has 3 aromatic rings. The zero-order valence-electron chi connectivity index (χ0n) is 20.4. The highest BCUT2D eigenvalue weighted by atomic mass is 32.2. The molecule has 0 bridgehead atoms. The van der Waals surface area contributed by atoms with E-state index in [1.807, 2.05) is 24.3 Å². The van der Waals surface area contributed by atoms with Gasteiger partial charge in [-0.05, 0) is 69.4 Å². The van der Waals surface area contributed by atoms with Gasteiger partial charge >= 0.3 is 6.01 Å². The molecule has 2 aromatic heterocycles. The molecule has 3 heterocycles. The largest absolute Gasteiger partial charge is 0.424 e. The Morgan fingerprint density at radius 2 is 1.86 bits per heavy atom. The summed E-state index contributed by atoms with van der Waals surface area (Å²) in [7, 11) is -3.59. The Bertz CT molecular complexity index is 1390. The van der Waals surface area contributed by atoms with Crippen LogP contribution in [0.15, 0.2) is 55.0 Å². The number of hydrogen-bond donors (Lipinski definition) is 1. The van der Waals surface area contributed by atoms with Crippen LogP contribution in [0.3, 0.4) is 0 Å². The summed E-state index contributed by atoms with van der Waals surface area (Å²) in [6.45, 7) is 4.90. The molecule has 0 radical (unpaired) electrons. The number of sulfonamides is 1. The van der Waals surface area contributed by atoms with Gasteiger partial charge in [0.05, 0.1) is 22.8 Å². The van der Waals surface area contributed by atoms with E-state index < -0.39 is 20.7 Å². The second-order valence-corrected chi connectivity index (χ2v) is 12.5. The molecule has 2 aliphatic rings. The minimum Gasteiger partial charge on any atom is -0.424 e. The van der Waals surface area contributed by atoms with Gasteiger partial charge in [0.2, 0.25) is 10.0 Å². The normalized spacial score (nSPS) is 19.8. The van der Waals surface area contributed by atoms with Crippen molar-refractivity contribution in [2.24, 2.45) is 0 Å². The van der Waals surface area contributed by atoms with Crippen LogP contribution in [0.2, 0.25) is 0 Å². The predicted molar refractivity (Wildman–Crippen MR) is 136 cm³/mol. The monoisotopic (exact) mass is 504 g/mol. The van der Waals surface area contributed by atoms with Gasteiger partial charge < -0.3 is 9.64 Å². The summed E-state index contributed by atoms with van der Waals surface area (Å²) < 4.78 is 32.5. The zero-order valence-corrected chi connectivity index (χ0v) is 21.2. The van der Waals surface area contributed by atoms with Gasteiger partial charge in [-0.15, -0.1) is 0 Å². The van der Waals surface area contributed by atoms with Crippen LogP contribution in [0.1, 0.15) is 63.1 Å². The number of fused-ring (bicyclic) bond motifs is 1. The molecule has 5 rings (SSSR count). The summed E-state index contributed by atoms with van der Waals surface area (Å²) in [5.74, 6) is 0.458. The number of nitrogens with zero attached hydrogens (tertiary/aromatic N) is 5. The van der Waals surface area contributed by atoms with Gasteiger partial charge in [-0.25, -0.2) is 23.4 Å². The number of nitrogens with one attached hydrogen (secondary N) is 1. The summed E-state index contributed by atoms with van der Waals surface area (Å²) in [6.07, 6.45) is 8.13. The van der Waals surface area contributed by atoms with Crippen LogP contribution in [-0.2, 0) is 10.0 Å². The first kappa shape index (κ1) is 24.0. The predicted octanol–water partition coefficient (Wildman–Crippen LogP) is 4.93. The maximum absolute atomic E-state index is 12.5. The second kappa shape index (κ2) is 9.06. The highest BCUT2D eigenvalue weighted by molar-refractivity contribution is 7.94. The van der Waals surface area contributed by atoms with E-state index in [9.17, 15) is 13.7 Å². The number of ether oxygens (including phenoxy) is 1. The van der Waals surface area contributed by atoms with Gasteiger partial charge in [0.25, 0.3) is 0 Å². The Morgan fingerprint density at radius 3 is 2.44 bits per heavy atom. The molecule has 1 aliphatic carbocycles. The Kier molecular flexibility index (Phi) is 6.04. The van der Waals surface area contributed by atoms with Crippen LogP contribution in [0, 0.1) is 11.3 Å². The number of benzene rings is 1. The fourth-order valence-electron chi connectivity index (χ4n) is 4.51. The zero-order chi connectivity index (χ0) is 25.5. The van der Waals surface area contributed by atoms with Crippen molar-refractivity contribution in [2.45, 2.75) is 62.8 Å². The van der Waals surface area contributed by atoms with Crippen molar-refractivity contribution in [3.05, 3.63) is 66.1 Å². The Labute approximate surface area is 211 Å². The van der Waals surface area contributed by atoms with E-state index in [0.29, 0.717) is 11.8 Å². The minimum atomic E-state index is -3.59. The maximum atomic E-state index is 12.5. The third-order valence-electron chi connectivity index (χ3n) is 6.76. The fraction of sp³-hybridized carbons (Fsp3) is 0.385. The van der Waals surface area contributed by atoms with Gasteiger partial charge in [0, 0.05) is 36.4 Å². The van der Waals surface area contributed by atoms with Gasteiger partial charge in [0.1, 0.15) is 11.6 Å². The van der Waals surface area contributed by atoms with Crippen LogP contribution in [0.4, 0.5) is 11.5 Å². The quantitative estimate of drug-likeness (QED) is 0.502. The summed E-state index contributed by atoms with van der Waals surface area (Å²) in [4.78, 5) is 15.0. The molecule has 186 valence electrons. The van der Waals surface area contributed by atoms with E-state index in [4.69, 9.17) is 4.74 Å². The molecular weight excluding hydrogens is 476 g/mol. The fourth-order valence-corrected chi connectivity index (χ4v) is 5.21. The van der Waals surface area contributed by atoms with E-state index >= 15 is 0 Å². The lowest BCUT2D eigenvalue weighted by atomic mass is 9.88. The highest BCUT2D eigenvalue weighted by Gasteiger charge is 2.44. The molecule has 9 nitrogen and oxygen atoms in total.